The summed E-state index contributed by atoms with van der Waals surface area (Å²) in [6.07, 6.45) is 1.66. The van der Waals surface area contributed by atoms with Gasteiger partial charge in [-0.1, -0.05) is 18.2 Å². The molecule has 4 nitrogen and oxygen atoms in total. The molecule has 2 heterocycles. The molecule has 1 atom stereocenters. The van der Waals surface area contributed by atoms with Crippen molar-refractivity contribution in [1.82, 2.24) is 4.90 Å². The minimum absolute atomic E-state index is 0.269. The highest BCUT2D eigenvalue weighted by Gasteiger charge is 2.25. The van der Waals surface area contributed by atoms with Crippen LogP contribution in [0.2, 0.25) is 0 Å². The molecule has 1 fully saturated rings. The van der Waals surface area contributed by atoms with Crippen LogP contribution < -0.4 is 5.32 Å². The van der Waals surface area contributed by atoms with Gasteiger partial charge in [-0.2, -0.15) is 0 Å². The van der Waals surface area contributed by atoms with E-state index < -0.39 is 0 Å². The Labute approximate surface area is 113 Å². The van der Waals surface area contributed by atoms with Crippen LogP contribution in [0.15, 0.2) is 24.3 Å². The fourth-order valence-corrected chi connectivity index (χ4v) is 2.92. The van der Waals surface area contributed by atoms with Gasteiger partial charge in [-0.3, -0.25) is 4.79 Å². The van der Waals surface area contributed by atoms with Gasteiger partial charge < -0.3 is 15.0 Å². The summed E-state index contributed by atoms with van der Waals surface area (Å²) in [7, 11) is 0. The predicted molar refractivity (Wildman–Crippen MR) is 74.3 cm³/mol. The van der Waals surface area contributed by atoms with E-state index in [2.05, 4.69) is 23.5 Å². The fourth-order valence-electron chi connectivity index (χ4n) is 2.92. The van der Waals surface area contributed by atoms with Crippen molar-refractivity contribution in [2.45, 2.75) is 18.8 Å². The van der Waals surface area contributed by atoms with E-state index in [1.165, 1.54) is 11.3 Å². The van der Waals surface area contributed by atoms with Crippen molar-refractivity contribution in [3.63, 3.8) is 0 Å². The molecule has 1 aromatic rings. The number of hydrogen-bond donors (Lipinski definition) is 1. The first-order valence-corrected chi connectivity index (χ1v) is 7.03. The number of nitrogens with one attached hydrogen (secondary N) is 1. The molecular weight excluding hydrogens is 240 g/mol. The van der Waals surface area contributed by atoms with Crippen LogP contribution in [0.3, 0.4) is 0 Å². The topological polar surface area (TPSA) is 41.6 Å². The molecule has 0 spiro atoms. The van der Waals surface area contributed by atoms with Gasteiger partial charge in [-0.05, 0) is 24.0 Å². The first-order chi connectivity index (χ1) is 9.34. The van der Waals surface area contributed by atoms with Crippen LogP contribution in [0.5, 0.6) is 0 Å². The number of ether oxygens (including phenoxy) is 1. The Hall–Kier alpha value is -1.55. The first-order valence-electron chi connectivity index (χ1n) is 7.03. The van der Waals surface area contributed by atoms with Crippen molar-refractivity contribution in [1.29, 1.82) is 0 Å². The molecule has 102 valence electrons. The zero-order chi connectivity index (χ0) is 13.1. The maximum Gasteiger partial charge on any atom is 0.223 e. The minimum atomic E-state index is 0.269. The van der Waals surface area contributed by atoms with Crippen molar-refractivity contribution in [3.8, 4) is 0 Å². The molecule has 0 aromatic heterocycles. The Morgan fingerprint density at radius 2 is 2.11 bits per heavy atom. The highest BCUT2D eigenvalue weighted by molar-refractivity contribution is 5.78. The van der Waals surface area contributed by atoms with E-state index in [0.717, 1.165) is 26.1 Å². The Morgan fingerprint density at radius 1 is 1.32 bits per heavy atom. The van der Waals surface area contributed by atoms with Crippen molar-refractivity contribution in [2.24, 2.45) is 0 Å². The quantitative estimate of drug-likeness (QED) is 0.882. The van der Waals surface area contributed by atoms with Crippen molar-refractivity contribution in [2.75, 3.05) is 38.2 Å². The van der Waals surface area contributed by atoms with Crippen LogP contribution >= 0.6 is 0 Å². The number of morpholine rings is 1. The lowest BCUT2D eigenvalue weighted by molar-refractivity contribution is -0.135. The third kappa shape index (κ3) is 2.73. The second kappa shape index (κ2) is 5.61. The predicted octanol–water partition coefficient (Wildman–Crippen LogP) is 1.83. The fraction of sp³-hybridized carbons (Fsp3) is 0.533. The Bertz CT molecular complexity index is 455. The Balaban J connectivity index is 1.68. The Kier molecular flexibility index (Phi) is 3.69. The molecular formula is C15H20N2O2. The molecule has 2 aliphatic heterocycles. The van der Waals surface area contributed by atoms with Gasteiger partial charge in [-0.15, -0.1) is 0 Å². The summed E-state index contributed by atoms with van der Waals surface area (Å²) in [6.45, 7) is 3.79. The standard InChI is InChI=1S/C15H20N2O2/c18-15(17-7-9-19-10-8-17)11-12-5-6-16-14-4-2-1-3-13(12)14/h1-4,12,16H,5-11H2. The number of nitrogens with zero attached hydrogens (tertiary/aromatic N) is 1. The van der Waals surface area contributed by atoms with E-state index in [-0.39, 0.29) is 5.91 Å². The summed E-state index contributed by atoms with van der Waals surface area (Å²) < 4.78 is 5.29. The average Bonchev–Trinajstić information content (AvgIpc) is 2.48. The third-order valence-corrected chi connectivity index (χ3v) is 3.99. The largest absolute Gasteiger partial charge is 0.385 e. The number of rotatable bonds is 2. The maximum absolute atomic E-state index is 12.3. The molecule has 1 amide bonds. The number of para-hydroxylation sites is 1. The lowest BCUT2D eigenvalue weighted by atomic mass is 9.88. The van der Waals surface area contributed by atoms with Crippen molar-refractivity contribution in [3.05, 3.63) is 29.8 Å². The highest BCUT2D eigenvalue weighted by Crippen LogP contribution is 2.33. The maximum atomic E-state index is 12.3. The van der Waals surface area contributed by atoms with Gasteiger partial charge in [0.05, 0.1) is 13.2 Å². The van der Waals surface area contributed by atoms with E-state index in [4.69, 9.17) is 4.74 Å². The number of carbonyl (C=O) groups is 1. The van der Waals surface area contributed by atoms with Gasteiger partial charge in [-0.25, -0.2) is 0 Å². The average molecular weight is 260 g/mol. The molecule has 0 saturated carbocycles. The summed E-state index contributed by atoms with van der Waals surface area (Å²) >= 11 is 0. The Morgan fingerprint density at radius 3 is 2.95 bits per heavy atom. The molecule has 0 aliphatic carbocycles. The van der Waals surface area contributed by atoms with Crippen molar-refractivity contribution >= 4 is 11.6 Å². The van der Waals surface area contributed by atoms with Crippen LogP contribution in [0.25, 0.3) is 0 Å². The molecule has 1 saturated heterocycles. The van der Waals surface area contributed by atoms with Gasteiger partial charge in [0, 0.05) is 31.7 Å². The van der Waals surface area contributed by atoms with E-state index in [9.17, 15) is 4.79 Å². The molecule has 1 N–H and O–H groups in total. The molecule has 1 unspecified atom stereocenters. The molecule has 1 aromatic carbocycles. The SMILES string of the molecule is O=C(CC1CCNc2ccccc21)N1CCOCC1. The molecule has 0 bridgehead atoms. The summed E-state index contributed by atoms with van der Waals surface area (Å²) in [5.74, 6) is 0.623. The second-order valence-electron chi connectivity index (χ2n) is 5.20. The van der Waals surface area contributed by atoms with E-state index in [0.29, 0.717) is 25.6 Å². The van der Waals surface area contributed by atoms with E-state index in [1.54, 1.807) is 0 Å². The van der Waals surface area contributed by atoms with Crippen LogP contribution in [0.1, 0.15) is 24.3 Å². The van der Waals surface area contributed by atoms with Gasteiger partial charge in [0.2, 0.25) is 5.91 Å². The van der Waals surface area contributed by atoms with Gasteiger partial charge in [0.1, 0.15) is 0 Å². The molecule has 3 rings (SSSR count). The zero-order valence-electron chi connectivity index (χ0n) is 11.1. The number of benzene rings is 1. The number of fused-ring (bicyclic) bond motifs is 1. The second-order valence-corrected chi connectivity index (χ2v) is 5.20. The van der Waals surface area contributed by atoms with Crippen LogP contribution in [-0.2, 0) is 9.53 Å². The number of amides is 1. The molecule has 0 radical (unpaired) electrons. The monoisotopic (exact) mass is 260 g/mol. The van der Waals surface area contributed by atoms with E-state index >= 15 is 0 Å². The van der Waals surface area contributed by atoms with Gasteiger partial charge >= 0.3 is 0 Å². The van der Waals surface area contributed by atoms with E-state index in [1.807, 2.05) is 11.0 Å². The number of carbonyl (C=O) groups excluding carboxylic acids is 1. The summed E-state index contributed by atoms with van der Waals surface area (Å²) in [4.78, 5) is 14.3. The third-order valence-electron chi connectivity index (χ3n) is 3.99. The summed E-state index contributed by atoms with van der Waals surface area (Å²) in [6, 6.07) is 8.33. The molecule has 2 aliphatic rings. The normalized spacial score (nSPS) is 22.5. The highest BCUT2D eigenvalue weighted by atomic mass is 16.5. The summed E-state index contributed by atoms with van der Waals surface area (Å²) in [5, 5.41) is 3.40. The first kappa shape index (κ1) is 12.5. The lowest BCUT2D eigenvalue weighted by Crippen LogP contribution is -2.41. The van der Waals surface area contributed by atoms with Crippen molar-refractivity contribution < 1.29 is 9.53 Å². The van der Waals surface area contributed by atoms with Crippen LogP contribution in [-0.4, -0.2) is 43.7 Å². The van der Waals surface area contributed by atoms with Gasteiger partial charge in [0.25, 0.3) is 0 Å². The molecule has 19 heavy (non-hydrogen) atoms. The lowest BCUT2D eigenvalue weighted by Gasteiger charge is -2.31. The van der Waals surface area contributed by atoms with Crippen LogP contribution in [0, 0.1) is 0 Å². The van der Waals surface area contributed by atoms with Crippen LogP contribution in [0.4, 0.5) is 5.69 Å². The number of hydrogen-bond acceptors (Lipinski definition) is 3. The minimum Gasteiger partial charge on any atom is -0.385 e. The molecule has 4 heteroatoms. The zero-order valence-corrected chi connectivity index (χ0v) is 11.1. The van der Waals surface area contributed by atoms with Gasteiger partial charge in [0.15, 0.2) is 0 Å². The summed E-state index contributed by atoms with van der Waals surface area (Å²) in [5.41, 5.74) is 2.48. The smallest absolute Gasteiger partial charge is 0.223 e. The number of anilines is 1.